The van der Waals surface area contributed by atoms with Crippen molar-refractivity contribution in [1.29, 1.82) is 5.26 Å². The van der Waals surface area contributed by atoms with Crippen molar-refractivity contribution in [2.24, 2.45) is 5.92 Å². The zero-order valence-corrected chi connectivity index (χ0v) is 21.8. The molecule has 1 unspecified atom stereocenters. The lowest BCUT2D eigenvalue weighted by atomic mass is 9.97. The second kappa shape index (κ2) is 11.1. The number of hydrogen-bond donors (Lipinski definition) is 1. The van der Waals surface area contributed by atoms with E-state index in [1.807, 2.05) is 24.0 Å². The number of nitrogens with zero attached hydrogens (tertiary/aromatic N) is 5. The van der Waals surface area contributed by atoms with E-state index in [1.165, 1.54) is 0 Å². The van der Waals surface area contributed by atoms with Crippen molar-refractivity contribution >= 4 is 29.2 Å². The summed E-state index contributed by atoms with van der Waals surface area (Å²) in [5.41, 5.74) is 5.09. The predicted octanol–water partition coefficient (Wildman–Crippen LogP) is 4.63. The molecule has 1 atom stereocenters. The van der Waals surface area contributed by atoms with Gasteiger partial charge in [-0.2, -0.15) is 5.26 Å². The maximum atomic E-state index is 12.8. The lowest BCUT2D eigenvalue weighted by Crippen LogP contribution is -2.57. The number of rotatable bonds is 9. The molecule has 2 aromatic rings. The molecule has 1 saturated carbocycles. The largest absolute Gasteiger partial charge is 0.384 e. The second-order valence-electron chi connectivity index (χ2n) is 9.97. The van der Waals surface area contributed by atoms with Crippen LogP contribution in [0.1, 0.15) is 61.5 Å². The number of methoxy groups -OCH3 is 1. The van der Waals surface area contributed by atoms with Crippen molar-refractivity contribution in [2.45, 2.75) is 52.0 Å². The van der Waals surface area contributed by atoms with Gasteiger partial charge >= 0.3 is 0 Å². The minimum absolute atomic E-state index is 0.0491. The van der Waals surface area contributed by atoms with Gasteiger partial charge in [-0.05, 0) is 49.5 Å². The third kappa shape index (κ3) is 5.36. The molecule has 0 aromatic carbocycles. The van der Waals surface area contributed by atoms with Crippen LogP contribution in [0.15, 0.2) is 24.9 Å². The van der Waals surface area contributed by atoms with Crippen LogP contribution in [0.2, 0.25) is 0 Å². The van der Waals surface area contributed by atoms with Gasteiger partial charge in [0, 0.05) is 44.5 Å². The average molecular weight is 489 g/mol. The third-order valence-corrected chi connectivity index (χ3v) is 7.12. The first-order valence-corrected chi connectivity index (χ1v) is 12.7. The molecule has 2 aromatic heterocycles. The van der Waals surface area contributed by atoms with Gasteiger partial charge in [-0.3, -0.25) is 9.78 Å². The van der Waals surface area contributed by atoms with Crippen LogP contribution in [0.5, 0.6) is 0 Å². The standard InChI is InChI=1S/C28H36N6O2/c1-6-21-15-22(9-11-30-21)31-26-19(4)23(16-29)28(32-27(26)20-7-8-20)33-12-13-34(24(17-33)18(2)3)25(35)10-14-36-5/h6,9,11,15,18,20,24H,1,7-8,10,12-14,17H2,2-5H3,(H,30,31). The van der Waals surface area contributed by atoms with Crippen molar-refractivity contribution in [1.82, 2.24) is 14.9 Å². The fourth-order valence-corrected chi connectivity index (χ4v) is 4.88. The fourth-order valence-electron chi connectivity index (χ4n) is 4.88. The molecule has 2 fully saturated rings. The van der Waals surface area contributed by atoms with Gasteiger partial charge in [0.15, 0.2) is 0 Å². The third-order valence-electron chi connectivity index (χ3n) is 7.12. The van der Waals surface area contributed by atoms with Crippen molar-refractivity contribution < 1.29 is 9.53 Å². The van der Waals surface area contributed by atoms with Gasteiger partial charge in [-0.15, -0.1) is 0 Å². The lowest BCUT2D eigenvalue weighted by molar-refractivity contribution is -0.135. The van der Waals surface area contributed by atoms with Crippen LogP contribution >= 0.6 is 0 Å². The van der Waals surface area contributed by atoms with E-state index in [0.29, 0.717) is 44.1 Å². The molecule has 8 nitrogen and oxygen atoms in total. The number of piperazine rings is 1. The predicted molar refractivity (Wildman–Crippen MR) is 142 cm³/mol. The number of nitriles is 1. The molecule has 3 heterocycles. The Kier molecular flexibility index (Phi) is 7.90. The first kappa shape index (κ1) is 25.6. The Hall–Kier alpha value is -3.44. The molecular weight excluding hydrogens is 452 g/mol. The van der Waals surface area contributed by atoms with Gasteiger partial charge in [0.2, 0.25) is 5.91 Å². The molecule has 1 amide bonds. The van der Waals surface area contributed by atoms with E-state index < -0.39 is 0 Å². The quantitative estimate of drug-likeness (QED) is 0.550. The number of nitrogens with one attached hydrogen (secondary N) is 1. The first-order valence-electron chi connectivity index (χ1n) is 12.7. The number of aromatic nitrogens is 2. The SMILES string of the molecule is C=Cc1cc(Nc2c(C3CC3)nc(N3CCN(C(=O)CCOC)C(C(C)C)C3)c(C#N)c2C)ccn1. The molecule has 0 spiro atoms. The summed E-state index contributed by atoms with van der Waals surface area (Å²) in [6.07, 6.45) is 6.04. The van der Waals surface area contributed by atoms with E-state index in [0.717, 1.165) is 47.0 Å². The molecule has 8 heteroatoms. The Morgan fingerprint density at radius 2 is 2.17 bits per heavy atom. The Bertz CT molecular complexity index is 1170. The number of anilines is 3. The van der Waals surface area contributed by atoms with Gasteiger partial charge in [-0.1, -0.05) is 20.4 Å². The molecule has 36 heavy (non-hydrogen) atoms. The average Bonchev–Trinajstić information content (AvgIpc) is 3.73. The van der Waals surface area contributed by atoms with Gasteiger partial charge in [0.25, 0.3) is 0 Å². The first-order chi connectivity index (χ1) is 17.4. The monoisotopic (exact) mass is 488 g/mol. The Balaban J connectivity index is 1.68. The highest BCUT2D eigenvalue weighted by atomic mass is 16.5. The summed E-state index contributed by atoms with van der Waals surface area (Å²) in [5.74, 6) is 1.52. The Morgan fingerprint density at radius 1 is 1.39 bits per heavy atom. The highest BCUT2D eigenvalue weighted by Crippen LogP contribution is 2.46. The minimum Gasteiger partial charge on any atom is -0.384 e. The van der Waals surface area contributed by atoms with Crippen LogP contribution < -0.4 is 10.2 Å². The van der Waals surface area contributed by atoms with Gasteiger partial charge in [-0.25, -0.2) is 4.98 Å². The van der Waals surface area contributed by atoms with Crippen molar-refractivity contribution in [3.8, 4) is 6.07 Å². The lowest BCUT2D eigenvalue weighted by Gasteiger charge is -2.44. The Morgan fingerprint density at radius 3 is 2.81 bits per heavy atom. The van der Waals surface area contributed by atoms with Crippen molar-refractivity contribution in [3.63, 3.8) is 0 Å². The van der Waals surface area contributed by atoms with Crippen LogP contribution in [0.3, 0.4) is 0 Å². The molecule has 1 aliphatic heterocycles. The summed E-state index contributed by atoms with van der Waals surface area (Å²) in [5, 5.41) is 13.7. The summed E-state index contributed by atoms with van der Waals surface area (Å²) in [6.45, 7) is 12.4. The van der Waals surface area contributed by atoms with E-state index in [-0.39, 0.29) is 17.9 Å². The van der Waals surface area contributed by atoms with Gasteiger partial charge in [0.1, 0.15) is 11.9 Å². The van der Waals surface area contributed by atoms with E-state index in [9.17, 15) is 10.1 Å². The van der Waals surface area contributed by atoms with E-state index in [4.69, 9.17) is 9.72 Å². The summed E-state index contributed by atoms with van der Waals surface area (Å²) in [7, 11) is 1.62. The van der Waals surface area contributed by atoms with Gasteiger partial charge in [0.05, 0.1) is 41.7 Å². The van der Waals surface area contributed by atoms with Crippen molar-refractivity contribution in [3.05, 3.63) is 47.4 Å². The van der Waals surface area contributed by atoms with Crippen LogP contribution in [0, 0.1) is 24.2 Å². The molecule has 1 aliphatic carbocycles. The van der Waals surface area contributed by atoms with E-state index in [1.54, 1.807) is 19.4 Å². The number of carbonyl (C=O) groups is 1. The molecule has 190 valence electrons. The van der Waals surface area contributed by atoms with E-state index >= 15 is 0 Å². The number of pyridine rings is 2. The molecular formula is C28H36N6O2. The van der Waals surface area contributed by atoms with E-state index in [2.05, 4.69) is 41.7 Å². The fraction of sp³-hybridized carbons (Fsp3) is 0.500. The highest BCUT2D eigenvalue weighted by Gasteiger charge is 2.36. The number of hydrogen-bond acceptors (Lipinski definition) is 7. The highest BCUT2D eigenvalue weighted by molar-refractivity contribution is 5.78. The van der Waals surface area contributed by atoms with Gasteiger partial charge < -0.3 is 19.9 Å². The normalized spacial score (nSPS) is 17.7. The molecule has 0 radical (unpaired) electrons. The summed E-state index contributed by atoms with van der Waals surface area (Å²) in [6, 6.07) is 6.34. The number of carbonyl (C=O) groups excluding carboxylic acids is 1. The summed E-state index contributed by atoms with van der Waals surface area (Å²) < 4.78 is 5.12. The summed E-state index contributed by atoms with van der Waals surface area (Å²) in [4.78, 5) is 26.4. The maximum absolute atomic E-state index is 12.8. The molecule has 0 bridgehead atoms. The molecule has 4 rings (SSSR count). The topological polar surface area (TPSA) is 94.4 Å². The Labute approximate surface area is 214 Å². The van der Waals surface area contributed by atoms with Crippen LogP contribution in [-0.2, 0) is 9.53 Å². The minimum atomic E-state index is 0.0491. The van der Waals surface area contributed by atoms with Crippen LogP contribution in [0.25, 0.3) is 6.08 Å². The van der Waals surface area contributed by atoms with Crippen LogP contribution in [-0.4, -0.2) is 60.2 Å². The zero-order chi connectivity index (χ0) is 25.8. The molecule has 1 N–H and O–H groups in total. The zero-order valence-electron chi connectivity index (χ0n) is 21.8. The molecule has 2 aliphatic rings. The summed E-state index contributed by atoms with van der Waals surface area (Å²) >= 11 is 0. The number of ether oxygens (including phenoxy) is 1. The number of amides is 1. The van der Waals surface area contributed by atoms with Crippen molar-refractivity contribution in [2.75, 3.05) is 43.6 Å². The second-order valence-corrected chi connectivity index (χ2v) is 9.97. The maximum Gasteiger partial charge on any atom is 0.225 e. The smallest absolute Gasteiger partial charge is 0.225 e. The molecule has 1 saturated heterocycles. The van der Waals surface area contributed by atoms with Crippen LogP contribution in [0.4, 0.5) is 17.2 Å².